The SMILES string of the molecule is Cc1cc(N(C)O)c(F)cc1F. The van der Waals surface area contributed by atoms with Crippen LogP contribution in [-0.2, 0) is 0 Å². The molecule has 4 heteroatoms. The average molecular weight is 173 g/mol. The van der Waals surface area contributed by atoms with Gasteiger partial charge in [-0.15, -0.1) is 0 Å². The van der Waals surface area contributed by atoms with Gasteiger partial charge in [-0.3, -0.25) is 10.3 Å². The van der Waals surface area contributed by atoms with Crippen LogP contribution in [0.5, 0.6) is 0 Å². The first-order chi connectivity index (χ1) is 5.52. The van der Waals surface area contributed by atoms with Crippen LogP contribution in [-0.4, -0.2) is 12.3 Å². The molecule has 0 aliphatic carbocycles. The van der Waals surface area contributed by atoms with Crippen molar-refractivity contribution in [1.29, 1.82) is 0 Å². The van der Waals surface area contributed by atoms with E-state index in [0.717, 1.165) is 6.07 Å². The first-order valence-electron chi connectivity index (χ1n) is 3.40. The fourth-order valence-corrected chi connectivity index (χ4v) is 0.890. The molecule has 1 aromatic rings. The fourth-order valence-electron chi connectivity index (χ4n) is 0.890. The number of rotatable bonds is 1. The normalized spacial score (nSPS) is 10.1. The van der Waals surface area contributed by atoms with Gasteiger partial charge in [0.2, 0.25) is 0 Å². The molecule has 0 aliphatic heterocycles. The lowest BCUT2D eigenvalue weighted by atomic mass is 10.2. The quantitative estimate of drug-likeness (QED) is 0.657. The number of hydrogen-bond acceptors (Lipinski definition) is 2. The number of benzene rings is 1. The molecule has 66 valence electrons. The Morgan fingerprint density at radius 2 is 1.83 bits per heavy atom. The predicted octanol–water partition coefficient (Wildman–Crippen LogP) is 2.10. The van der Waals surface area contributed by atoms with E-state index in [4.69, 9.17) is 5.21 Å². The molecular weight excluding hydrogens is 164 g/mol. The second-order valence-corrected chi connectivity index (χ2v) is 2.58. The highest BCUT2D eigenvalue weighted by atomic mass is 19.1. The first-order valence-corrected chi connectivity index (χ1v) is 3.40. The highest BCUT2D eigenvalue weighted by Crippen LogP contribution is 2.20. The molecule has 2 nitrogen and oxygen atoms in total. The Morgan fingerprint density at radius 3 is 2.33 bits per heavy atom. The molecule has 0 saturated carbocycles. The monoisotopic (exact) mass is 173 g/mol. The van der Waals surface area contributed by atoms with Gasteiger partial charge in [0, 0.05) is 13.1 Å². The molecule has 1 aromatic carbocycles. The first kappa shape index (κ1) is 8.93. The van der Waals surface area contributed by atoms with E-state index in [1.54, 1.807) is 0 Å². The Bertz CT molecular complexity index is 299. The summed E-state index contributed by atoms with van der Waals surface area (Å²) in [5, 5.41) is 9.50. The lowest BCUT2D eigenvalue weighted by Gasteiger charge is -2.12. The molecular formula is C8H9F2NO. The number of nitrogens with zero attached hydrogens (tertiary/aromatic N) is 1. The van der Waals surface area contributed by atoms with Crippen molar-refractivity contribution in [3.8, 4) is 0 Å². The molecule has 12 heavy (non-hydrogen) atoms. The summed E-state index contributed by atoms with van der Waals surface area (Å²) in [6.45, 7) is 1.50. The Hall–Kier alpha value is -1.16. The average Bonchev–Trinajstić information content (AvgIpc) is 1.96. The molecule has 0 atom stereocenters. The van der Waals surface area contributed by atoms with E-state index in [-0.39, 0.29) is 5.69 Å². The summed E-state index contributed by atoms with van der Waals surface area (Å²) in [6.07, 6.45) is 0. The van der Waals surface area contributed by atoms with Gasteiger partial charge in [0.15, 0.2) is 5.82 Å². The van der Waals surface area contributed by atoms with E-state index in [2.05, 4.69) is 0 Å². The van der Waals surface area contributed by atoms with E-state index in [1.165, 1.54) is 20.0 Å². The minimum absolute atomic E-state index is 0.0334. The van der Waals surface area contributed by atoms with E-state index >= 15 is 0 Å². The second-order valence-electron chi connectivity index (χ2n) is 2.58. The van der Waals surface area contributed by atoms with E-state index in [1.807, 2.05) is 0 Å². The van der Waals surface area contributed by atoms with Gasteiger partial charge in [-0.25, -0.2) is 8.78 Å². The predicted molar refractivity (Wildman–Crippen MR) is 41.3 cm³/mol. The van der Waals surface area contributed by atoms with Crippen molar-refractivity contribution < 1.29 is 14.0 Å². The molecule has 0 saturated heterocycles. The van der Waals surface area contributed by atoms with Crippen molar-refractivity contribution in [3.63, 3.8) is 0 Å². The molecule has 1 rings (SSSR count). The van der Waals surface area contributed by atoms with Crippen LogP contribution in [0.2, 0.25) is 0 Å². The number of halogens is 2. The Balaban J connectivity index is 3.23. The Morgan fingerprint density at radius 1 is 1.25 bits per heavy atom. The maximum atomic E-state index is 12.8. The van der Waals surface area contributed by atoms with Crippen LogP contribution < -0.4 is 5.06 Å². The van der Waals surface area contributed by atoms with Gasteiger partial charge in [0.05, 0.1) is 5.69 Å². The molecule has 0 heterocycles. The topological polar surface area (TPSA) is 23.5 Å². The minimum Gasteiger partial charge on any atom is -0.289 e. The van der Waals surface area contributed by atoms with Gasteiger partial charge in [-0.05, 0) is 18.6 Å². The van der Waals surface area contributed by atoms with Gasteiger partial charge < -0.3 is 0 Å². The van der Waals surface area contributed by atoms with Crippen molar-refractivity contribution in [2.24, 2.45) is 0 Å². The third-order valence-corrected chi connectivity index (χ3v) is 1.58. The van der Waals surface area contributed by atoms with E-state index in [9.17, 15) is 8.78 Å². The number of anilines is 1. The van der Waals surface area contributed by atoms with Crippen molar-refractivity contribution in [2.45, 2.75) is 6.92 Å². The molecule has 0 unspecified atom stereocenters. The zero-order valence-corrected chi connectivity index (χ0v) is 6.81. The van der Waals surface area contributed by atoms with Gasteiger partial charge in [-0.2, -0.15) is 0 Å². The molecule has 0 fully saturated rings. The molecule has 0 radical (unpaired) electrons. The zero-order valence-electron chi connectivity index (χ0n) is 6.81. The lowest BCUT2D eigenvalue weighted by Crippen LogP contribution is -2.12. The van der Waals surface area contributed by atoms with Crippen LogP contribution in [0, 0.1) is 18.6 Å². The van der Waals surface area contributed by atoms with Crippen LogP contribution in [0.4, 0.5) is 14.5 Å². The van der Waals surface area contributed by atoms with Gasteiger partial charge in [-0.1, -0.05) is 0 Å². The minimum atomic E-state index is -0.775. The van der Waals surface area contributed by atoms with Crippen LogP contribution in [0.1, 0.15) is 5.56 Å². The Kier molecular flexibility index (Phi) is 2.28. The highest BCUT2D eigenvalue weighted by Gasteiger charge is 2.08. The number of aryl methyl sites for hydroxylation is 1. The number of hydrogen-bond donors (Lipinski definition) is 1. The molecule has 0 aliphatic rings. The summed E-state index contributed by atoms with van der Waals surface area (Å²) >= 11 is 0. The number of hydroxylamine groups is 1. The molecule has 0 bridgehead atoms. The molecule has 1 N–H and O–H groups in total. The zero-order chi connectivity index (χ0) is 9.30. The van der Waals surface area contributed by atoms with Crippen molar-refractivity contribution in [1.82, 2.24) is 0 Å². The third-order valence-electron chi connectivity index (χ3n) is 1.58. The standard InChI is InChI=1S/C8H9F2NO/c1-5-3-8(11(2)12)7(10)4-6(5)9/h3-4,12H,1-2H3. The second kappa shape index (κ2) is 3.06. The summed E-state index contributed by atoms with van der Waals surface area (Å²) < 4.78 is 25.5. The summed E-state index contributed by atoms with van der Waals surface area (Å²) in [5.74, 6) is -1.39. The lowest BCUT2D eigenvalue weighted by molar-refractivity contribution is 0.275. The van der Waals surface area contributed by atoms with Crippen LogP contribution in [0.3, 0.4) is 0 Å². The highest BCUT2D eigenvalue weighted by molar-refractivity contribution is 5.47. The molecule has 0 amide bonds. The van der Waals surface area contributed by atoms with Crippen LogP contribution >= 0.6 is 0 Å². The smallest absolute Gasteiger partial charge is 0.151 e. The molecule has 0 aromatic heterocycles. The largest absolute Gasteiger partial charge is 0.289 e. The van der Waals surface area contributed by atoms with E-state index < -0.39 is 11.6 Å². The van der Waals surface area contributed by atoms with Gasteiger partial charge in [0.25, 0.3) is 0 Å². The maximum Gasteiger partial charge on any atom is 0.151 e. The molecule has 0 spiro atoms. The van der Waals surface area contributed by atoms with Crippen LogP contribution in [0.25, 0.3) is 0 Å². The summed E-state index contributed by atoms with van der Waals surface area (Å²) in [6, 6.07) is 1.99. The summed E-state index contributed by atoms with van der Waals surface area (Å²) in [4.78, 5) is 0. The van der Waals surface area contributed by atoms with Crippen LogP contribution in [0.15, 0.2) is 12.1 Å². The summed E-state index contributed by atoms with van der Waals surface area (Å²) in [5.41, 5.74) is 0.265. The van der Waals surface area contributed by atoms with Gasteiger partial charge >= 0.3 is 0 Å². The fraction of sp³-hybridized carbons (Fsp3) is 0.250. The van der Waals surface area contributed by atoms with Crippen molar-refractivity contribution in [3.05, 3.63) is 29.3 Å². The third kappa shape index (κ3) is 1.53. The summed E-state index contributed by atoms with van der Waals surface area (Å²) in [7, 11) is 1.27. The van der Waals surface area contributed by atoms with Crippen molar-refractivity contribution in [2.75, 3.05) is 12.1 Å². The maximum absolute atomic E-state index is 12.8. The Labute approximate surface area is 69.0 Å². The van der Waals surface area contributed by atoms with E-state index in [0.29, 0.717) is 10.6 Å². The van der Waals surface area contributed by atoms with Gasteiger partial charge in [0.1, 0.15) is 5.82 Å². The van der Waals surface area contributed by atoms with Crippen molar-refractivity contribution >= 4 is 5.69 Å².